The Kier molecular flexibility index (Phi) is 5.41. The first-order valence-electron chi connectivity index (χ1n) is 6.04. The van der Waals surface area contributed by atoms with Crippen LogP contribution in [0.3, 0.4) is 0 Å². The molecule has 0 aromatic heterocycles. The Balaban J connectivity index is 2.37. The maximum absolute atomic E-state index is 11.7. The summed E-state index contributed by atoms with van der Waals surface area (Å²) >= 11 is 0. The zero-order valence-electron chi connectivity index (χ0n) is 10.4. The minimum Gasteiger partial charge on any atom is -0.480 e. The van der Waals surface area contributed by atoms with E-state index in [9.17, 15) is 14.4 Å². The Hall–Kier alpha value is -1.79. The molecule has 102 valence electrons. The molecule has 0 bridgehead atoms. The van der Waals surface area contributed by atoms with Gasteiger partial charge in [0.05, 0.1) is 6.54 Å². The lowest BCUT2D eigenvalue weighted by Gasteiger charge is -2.20. The number of urea groups is 1. The van der Waals surface area contributed by atoms with Crippen molar-refractivity contribution in [1.29, 1.82) is 0 Å². The first-order chi connectivity index (χ1) is 8.52. The number of carbonyl (C=O) groups excluding carboxylic acids is 2. The average molecular weight is 257 g/mol. The van der Waals surface area contributed by atoms with Crippen molar-refractivity contribution in [2.45, 2.75) is 19.8 Å². The van der Waals surface area contributed by atoms with Crippen molar-refractivity contribution in [2.75, 3.05) is 26.2 Å². The molecule has 0 saturated heterocycles. The van der Waals surface area contributed by atoms with Gasteiger partial charge in [-0.25, -0.2) is 4.79 Å². The first kappa shape index (κ1) is 14.3. The topological polar surface area (TPSA) is 98.7 Å². The van der Waals surface area contributed by atoms with Gasteiger partial charge < -0.3 is 20.6 Å². The fraction of sp³-hybridized carbons (Fsp3) is 0.727. The number of nitrogens with zero attached hydrogens (tertiary/aromatic N) is 1. The van der Waals surface area contributed by atoms with E-state index in [0.717, 1.165) is 12.8 Å². The molecule has 0 radical (unpaired) electrons. The van der Waals surface area contributed by atoms with Crippen LogP contribution >= 0.6 is 0 Å². The highest BCUT2D eigenvalue weighted by atomic mass is 16.4. The van der Waals surface area contributed by atoms with Crippen LogP contribution in [0.4, 0.5) is 4.79 Å². The van der Waals surface area contributed by atoms with Gasteiger partial charge in [-0.1, -0.05) is 0 Å². The number of hydrogen-bond acceptors (Lipinski definition) is 3. The van der Waals surface area contributed by atoms with E-state index in [1.807, 2.05) is 0 Å². The zero-order chi connectivity index (χ0) is 13.5. The molecule has 1 aliphatic carbocycles. The molecule has 0 unspecified atom stereocenters. The lowest BCUT2D eigenvalue weighted by molar-refractivity contribution is -0.137. The highest BCUT2D eigenvalue weighted by molar-refractivity contribution is 5.85. The van der Waals surface area contributed by atoms with Crippen LogP contribution in [0.15, 0.2) is 0 Å². The maximum Gasteiger partial charge on any atom is 0.323 e. The number of carboxylic acids is 1. The van der Waals surface area contributed by atoms with Gasteiger partial charge in [0.15, 0.2) is 0 Å². The van der Waals surface area contributed by atoms with E-state index in [0.29, 0.717) is 19.0 Å². The Morgan fingerprint density at radius 1 is 1.28 bits per heavy atom. The summed E-state index contributed by atoms with van der Waals surface area (Å²) in [6.07, 6.45) is 2.05. The van der Waals surface area contributed by atoms with Crippen molar-refractivity contribution in [2.24, 2.45) is 5.92 Å². The molecule has 1 saturated carbocycles. The molecule has 0 aromatic rings. The molecule has 1 fully saturated rings. The molecule has 18 heavy (non-hydrogen) atoms. The van der Waals surface area contributed by atoms with Gasteiger partial charge in [-0.2, -0.15) is 0 Å². The van der Waals surface area contributed by atoms with Crippen LogP contribution in [0.5, 0.6) is 0 Å². The molecule has 3 amide bonds. The normalized spacial score (nSPS) is 13.8. The molecule has 1 aliphatic rings. The number of amides is 3. The van der Waals surface area contributed by atoms with Crippen LogP contribution in [0.25, 0.3) is 0 Å². The molecule has 3 N–H and O–H groups in total. The summed E-state index contributed by atoms with van der Waals surface area (Å²) in [5, 5.41) is 13.7. The third-order valence-corrected chi connectivity index (χ3v) is 2.56. The minimum atomic E-state index is -1.05. The largest absolute Gasteiger partial charge is 0.480 e. The first-order valence-corrected chi connectivity index (χ1v) is 6.04. The smallest absolute Gasteiger partial charge is 0.323 e. The summed E-state index contributed by atoms with van der Waals surface area (Å²) in [6, 6.07) is -0.504. The lowest BCUT2D eigenvalue weighted by atomic mass is 10.3. The molecule has 0 spiro atoms. The van der Waals surface area contributed by atoms with Gasteiger partial charge in [0.1, 0.15) is 6.54 Å². The third kappa shape index (κ3) is 5.51. The zero-order valence-corrected chi connectivity index (χ0v) is 10.4. The Morgan fingerprint density at radius 3 is 2.44 bits per heavy atom. The Bertz CT molecular complexity index is 328. The van der Waals surface area contributed by atoms with E-state index in [2.05, 4.69) is 10.6 Å². The second-order valence-corrected chi connectivity index (χ2v) is 4.33. The molecular formula is C11H19N3O4. The molecule has 0 aliphatic heterocycles. The third-order valence-electron chi connectivity index (χ3n) is 2.56. The van der Waals surface area contributed by atoms with E-state index in [-0.39, 0.29) is 19.0 Å². The van der Waals surface area contributed by atoms with Gasteiger partial charge in [0.2, 0.25) is 5.91 Å². The second-order valence-electron chi connectivity index (χ2n) is 4.33. The van der Waals surface area contributed by atoms with Crippen LogP contribution in [-0.4, -0.2) is 54.1 Å². The fourth-order valence-electron chi connectivity index (χ4n) is 1.52. The van der Waals surface area contributed by atoms with Crippen LogP contribution in [0, 0.1) is 5.92 Å². The summed E-state index contributed by atoms with van der Waals surface area (Å²) in [5.41, 5.74) is 0. The minimum absolute atomic E-state index is 0.131. The number of aliphatic carboxylic acids is 1. The second kappa shape index (κ2) is 6.83. The van der Waals surface area contributed by atoms with Crippen LogP contribution in [0.2, 0.25) is 0 Å². The van der Waals surface area contributed by atoms with Crippen molar-refractivity contribution in [3.05, 3.63) is 0 Å². The molecular weight excluding hydrogens is 238 g/mol. The molecule has 0 atom stereocenters. The van der Waals surface area contributed by atoms with Gasteiger partial charge in [-0.15, -0.1) is 0 Å². The summed E-state index contributed by atoms with van der Waals surface area (Å²) in [4.78, 5) is 34.8. The molecule has 7 nitrogen and oxygen atoms in total. The van der Waals surface area contributed by atoms with E-state index >= 15 is 0 Å². The predicted molar refractivity (Wildman–Crippen MR) is 64.0 cm³/mol. The summed E-state index contributed by atoms with van der Waals surface area (Å²) < 4.78 is 0. The predicted octanol–water partition coefficient (Wildman–Crippen LogP) is -0.371. The van der Waals surface area contributed by atoms with Crippen LogP contribution < -0.4 is 10.6 Å². The van der Waals surface area contributed by atoms with Gasteiger partial charge in [0, 0.05) is 13.1 Å². The quantitative estimate of drug-likeness (QED) is 0.579. The van der Waals surface area contributed by atoms with Crippen molar-refractivity contribution < 1.29 is 19.5 Å². The van der Waals surface area contributed by atoms with Crippen molar-refractivity contribution in [3.63, 3.8) is 0 Å². The van der Waals surface area contributed by atoms with E-state index in [4.69, 9.17) is 5.11 Å². The maximum atomic E-state index is 11.7. The number of hydrogen-bond donors (Lipinski definition) is 3. The van der Waals surface area contributed by atoms with Gasteiger partial charge in [0.25, 0.3) is 0 Å². The van der Waals surface area contributed by atoms with Gasteiger partial charge in [-0.05, 0) is 25.7 Å². The summed E-state index contributed by atoms with van der Waals surface area (Å²) in [5.74, 6) is -0.934. The Labute approximate surface area is 106 Å². The van der Waals surface area contributed by atoms with Crippen molar-refractivity contribution in [3.8, 4) is 0 Å². The standard InChI is InChI=1S/C11H19N3O4/c1-2-12-9(15)5-13-11(18)14(7-10(16)17)6-8-3-4-8/h8H,2-7H2,1H3,(H,12,15)(H,13,18)(H,16,17). The monoisotopic (exact) mass is 257 g/mol. The van der Waals surface area contributed by atoms with Crippen molar-refractivity contribution in [1.82, 2.24) is 15.5 Å². The summed E-state index contributed by atoms with van der Waals surface area (Å²) in [7, 11) is 0. The van der Waals surface area contributed by atoms with Crippen LogP contribution in [0.1, 0.15) is 19.8 Å². The number of carboxylic acid groups (broad SMARTS) is 1. The number of carbonyl (C=O) groups is 3. The lowest BCUT2D eigenvalue weighted by Crippen LogP contribution is -2.46. The SMILES string of the molecule is CCNC(=O)CNC(=O)N(CC(=O)O)CC1CC1. The van der Waals surface area contributed by atoms with Crippen molar-refractivity contribution >= 4 is 17.9 Å². The summed E-state index contributed by atoms with van der Waals surface area (Å²) in [6.45, 7) is 2.25. The van der Waals surface area contributed by atoms with Gasteiger partial charge in [-0.3, -0.25) is 9.59 Å². The van der Waals surface area contributed by atoms with E-state index < -0.39 is 12.0 Å². The number of rotatable bonds is 7. The molecule has 7 heteroatoms. The van der Waals surface area contributed by atoms with E-state index in [1.54, 1.807) is 6.92 Å². The van der Waals surface area contributed by atoms with Crippen LogP contribution in [-0.2, 0) is 9.59 Å². The molecule has 0 heterocycles. The average Bonchev–Trinajstić information content (AvgIpc) is 3.08. The van der Waals surface area contributed by atoms with E-state index in [1.165, 1.54) is 4.90 Å². The Morgan fingerprint density at radius 2 is 1.94 bits per heavy atom. The highest BCUT2D eigenvalue weighted by Crippen LogP contribution is 2.29. The number of nitrogens with one attached hydrogen (secondary N) is 2. The molecule has 1 rings (SSSR count). The van der Waals surface area contributed by atoms with Gasteiger partial charge >= 0.3 is 12.0 Å². The fourth-order valence-corrected chi connectivity index (χ4v) is 1.52. The number of likely N-dealkylation sites (N-methyl/N-ethyl adjacent to an activating group) is 1. The molecule has 0 aromatic carbocycles. The highest BCUT2D eigenvalue weighted by Gasteiger charge is 2.27.